The zero-order valence-electron chi connectivity index (χ0n) is 23.9. The van der Waals surface area contributed by atoms with Crippen molar-refractivity contribution in [2.24, 2.45) is 5.73 Å². The molecule has 0 aromatic heterocycles. The van der Waals surface area contributed by atoms with Crippen LogP contribution < -0.4 is 15.8 Å². The summed E-state index contributed by atoms with van der Waals surface area (Å²) in [4.78, 5) is 23.4. The zero-order chi connectivity index (χ0) is 30.9. The maximum Gasteiger partial charge on any atom is 0.290 e. The van der Waals surface area contributed by atoms with Gasteiger partial charge in [0, 0.05) is 11.0 Å². The van der Waals surface area contributed by atoms with E-state index in [1.165, 1.54) is 13.2 Å². The lowest BCUT2D eigenvalue weighted by Gasteiger charge is -2.42. The number of nitrogens with two attached hydrogens (primary N) is 1. The maximum absolute atomic E-state index is 15.9. The van der Waals surface area contributed by atoms with Crippen LogP contribution in [0.1, 0.15) is 49.9 Å². The van der Waals surface area contributed by atoms with Crippen molar-refractivity contribution >= 4 is 29.0 Å². The second-order valence-corrected chi connectivity index (χ2v) is 12.3. The molecule has 0 radical (unpaired) electrons. The number of nitrogens with one attached hydrogen (secondary N) is 1. The van der Waals surface area contributed by atoms with E-state index < -0.39 is 53.7 Å². The second-order valence-electron chi connectivity index (χ2n) is 11.3. The molecule has 6 N–H and O–H groups in total. The Hall–Kier alpha value is -2.87. The highest BCUT2D eigenvalue weighted by Crippen LogP contribution is 2.46. The minimum absolute atomic E-state index is 0.00314. The van der Waals surface area contributed by atoms with Gasteiger partial charge in [0.1, 0.15) is 5.82 Å². The van der Waals surface area contributed by atoms with Gasteiger partial charge >= 0.3 is 0 Å². The van der Waals surface area contributed by atoms with Gasteiger partial charge in [-0.1, -0.05) is 19.9 Å². The van der Waals surface area contributed by atoms with Crippen molar-refractivity contribution in [3.05, 3.63) is 57.0 Å². The number of aliphatic hydroxyl groups excluding tert-OH is 3. The normalized spacial score (nSPS) is 18.5. The van der Waals surface area contributed by atoms with Crippen molar-refractivity contribution in [3.8, 4) is 16.9 Å². The largest absolute Gasteiger partial charge is 0.493 e. The summed E-state index contributed by atoms with van der Waals surface area (Å²) in [7, 11) is 1.28. The average Bonchev–Trinajstić information content (AvgIpc) is 3.24. The van der Waals surface area contributed by atoms with E-state index in [0.717, 1.165) is 22.8 Å². The molecule has 224 valence electrons. The molecular weight excluding hydrogens is 558 g/mol. The number of thioether (sulfide) groups is 1. The maximum atomic E-state index is 15.9. The third kappa shape index (κ3) is 6.63. The van der Waals surface area contributed by atoms with Gasteiger partial charge in [0.15, 0.2) is 11.6 Å². The Balaban J connectivity index is 0.000000507. The van der Waals surface area contributed by atoms with E-state index >= 15 is 8.78 Å². The number of aliphatic hydroxyl groups is 3. The van der Waals surface area contributed by atoms with E-state index in [4.69, 9.17) is 30.5 Å². The number of carbonyl (C=O) groups is 2. The van der Waals surface area contributed by atoms with E-state index in [-0.39, 0.29) is 27.2 Å². The molecule has 2 heterocycles. The number of imide groups is 1. The summed E-state index contributed by atoms with van der Waals surface area (Å²) in [6.45, 7) is 9.16. The molecule has 0 atom stereocenters. The first-order chi connectivity index (χ1) is 19.0. The molecule has 2 aromatic rings. The molecule has 9 nitrogen and oxygen atoms in total. The number of fused-ring (bicyclic) bond motifs is 1. The number of halogens is 2. The number of benzene rings is 2. The first-order valence-electron chi connectivity index (χ1n) is 12.8. The molecule has 0 unspecified atom stereocenters. The van der Waals surface area contributed by atoms with Crippen molar-refractivity contribution < 1.29 is 43.2 Å². The smallest absolute Gasteiger partial charge is 0.290 e. The summed E-state index contributed by atoms with van der Waals surface area (Å²) >= 11 is 0.643. The van der Waals surface area contributed by atoms with Crippen LogP contribution in [0.15, 0.2) is 23.1 Å². The molecule has 2 amide bonds. The number of rotatable bonds is 6. The van der Waals surface area contributed by atoms with E-state index in [9.17, 15) is 9.59 Å². The molecule has 0 saturated carbocycles. The van der Waals surface area contributed by atoms with Gasteiger partial charge in [-0.15, -0.1) is 0 Å². The van der Waals surface area contributed by atoms with Gasteiger partial charge in [-0.05, 0) is 73.0 Å². The Morgan fingerprint density at radius 2 is 1.71 bits per heavy atom. The average molecular weight is 595 g/mol. The van der Waals surface area contributed by atoms with Crippen LogP contribution in [0.25, 0.3) is 17.2 Å². The van der Waals surface area contributed by atoms with Crippen molar-refractivity contribution in [3.63, 3.8) is 0 Å². The predicted molar refractivity (Wildman–Crippen MR) is 152 cm³/mol. The van der Waals surface area contributed by atoms with Crippen LogP contribution in [-0.2, 0) is 20.5 Å². The quantitative estimate of drug-likeness (QED) is 0.317. The van der Waals surface area contributed by atoms with Gasteiger partial charge in [0.25, 0.3) is 11.1 Å². The number of hydrogen-bond acceptors (Lipinski definition) is 9. The van der Waals surface area contributed by atoms with Crippen molar-refractivity contribution in [1.82, 2.24) is 5.32 Å². The molecule has 2 aliphatic rings. The number of amides is 2. The van der Waals surface area contributed by atoms with Crippen molar-refractivity contribution in [1.29, 1.82) is 0 Å². The third-order valence-corrected chi connectivity index (χ3v) is 7.89. The summed E-state index contributed by atoms with van der Waals surface area (Å²) in [5.74, 6) is -2.37. The lowest BCUT2D eigenvalue weighted by molar-refractivity contribution is -0.115. The van der Waals surface area contributed by atoms with Crippen LogP contribution in [0.2, 0.25) is 0 Å². The highest BCUT2D eigenvalue weighted by Gasteiger charge is 2.39. The predicted octanol–water partition coefficient (Wildman–Crippen LogP) is 3.48. The Morgan fingerprint density at radius 3 is 2.20 bits per heavy atom. The van der Waals surface area contributed by atoms with Crippen LogP contribution >= 0.6 is 11.8 Å². The number of methoxy groups -OCH3 is 1. The molecule has 2 aliphatic heterocycles. The van der Waals surface area contributed by atoms with Gasteiger partial charge in [0.05, 0.1) is 55.1 Å². The SMILES string of the molecule is COc1c(F)cc(/C=C2/SC(=O)NC2=O)c(F)c1-c1cc2c(cc1C)C(C)(C)OCC2(C)C.NC(CO)(CO)CO. The summed E-state index contributed by atoms with van der Waals surface area (Å²) < 4.78 is 42.3. The molecule has 0 spiro atoms. The lowest BCUT2D eigenvalue weighted by Crippen LogP contribution is -2.50. The minimum atomic E-state index is -1.21. The molecule has 4 rings (SSSR count). The van der Waals surface area contributed by atoms with Gasteiger partial charge in [0.2, 0.25) is 0 Å². The topological polar surface area (TPSA) is 151 Å². The summed E-state index contributed by atoms with van der Waals surface area (Å²) in [5, 5.41) is 26.6. The molecule has 41 heavy (non-hydrogen) atoms. The number of ether oxygens (including phenoxy) is 2. The number of hydrogen-bond donors (Lipinski definition) is 5. The lowest BCUT2D eigenvalue weighted by atomic mass is 9.73. The third-order valence-electron chi connectivity index (χ3n) is 7.08. The second kappa shape index (κ2) is 12.2. The summed E-state index contributed by atoms with van der Waals surface area (Å²) in [6, 6.07) is 4.80. The van der Waals surface area contributed by atoms with Crippen LogP contribution in [-0.4, -0.2) is 65.5 Å². The molecule has 0 aliphatic carbocycles. The first-order valence-corrected chi connectivity index (χ1v) is 13.6. The molecule has 12 heteroatoms. The first kappa shape index (κ1) is 32.6. The summed E-state index contributed by atoms with van der Waals surface area (Å²) in [5.41, 5.74) is 6.11. The standard InChI is InChI=1S/C25H25F2NO4S.C4H11NO3/c1-12-7-16-15(24(2,3)11-32-25(16,4)5)10-14(12)19-20(27)13(8-17(26)21(19)31-6)9-18-22(29)28-23(30)33-18;5-4(1-6,2-7)3-8/h7-10H,11H2,1-6H3,(H,28,29,30);6-8H,1-3,5H2/b18-9+;. The molecule has 1 fully saturated rings. The number of aryl methyl sites for hydroxylation is 1. The molecule has 0 bridgehead atoms. The molecular formula is C29H36F2N2O7S. The van der Waals surface area contributed by atoms with Gasteiger partial charge in [-0.2, -0.15) is 0 Å². The number of carbonyl (C=O) groups excluding carboxylic acids is 2. The summed E-state index contributed by atoms with van der Waals surface area (Å²) in [6.07, 6.45) is 1.18. The van der Waals surface area contributed by atoms with Crippen molar-refractivity contribution in [2.75, 3.05) is 33.5 Å². The highest BCUT2D eigenvalue weighted by atomic mass is 32.2. The Morgan fingerprint density at radius 1 is 1.10 bits per heavy atom. The fourth-order valence-electron chi connectivity index (χ4n) is 4.44. The van der Waals surface area contributed by atoms with E-state index in [0.29, 0.717) is 23.9 Å². The fourth-order valence-corrected chi connectivity index (χ4v) is 5.11. The van der Waals surface area contributed by atoms with Gasteiger partial charge in [-0.3, -0.25) is 14.9 Å². The van der Waals surface area contributed by atoms with E-state index in [2.05, 4.69) is 5.32 Å². The fraction of sp³-hybridized carbons (Fsp3) is 0.448. The van der Waals surface area contributed by atoms with Crippen LogP contribution in [0.4, 0.5) is 13.6 Å². The highest BCUT2D eigenvalue weighted by molar-refractivity contribution is 8.18. The Labute approximate surface area is 241 Å². The zero-order valence-corrected chi connectivity index (χ0v) is 24.7. The Bertz CT molecular complexity index is 1380. The van der Waals surface area contributed by atoms with Crippen molar-refractivity contribution in [2.45, 2.75) is 51.2 Å². The Kier molecular flexibility index (Phi) is 9.68. The van der Waals surface area contributed by atoms with Gasteiger partial charge in [-0.25, -0.2) is 8.78 Å². The van der Waals surface area contributed by atoms with Gasteiger partial charge < -0.3 is 30.5 Å². The molecule has 1 saturated heterocycles. The van der Waals surface area contributed by atoms with E-state index in [1.54, 1.807) is 0 Å². The van der Waals surface area contributed by atoms with Crippen LogP contribution in [0.5, 0.6) is 5.75 Å². The van der Waals surface area contributed by atoms with Crippen LogP contribution in [0.3, 0.4) is 0 Å². The van der Waals surface area contributed by atoms with E-state index in [1.807, 2.05) is 46.8 Å². The monoisotopic (exact) mass is 594 g/mol. The molecule has 2 aromatic carbocycles. The van der Waals surface area contributed by atoms with Crippen LogP contribution in [0, 0.1) is 18.6 Å². The minimum Gasteiger partial charge on any atom is -0.493 e.